The summed E-state index contributed by atoms with van der Waals surface area (Å²) in [7, 11) is 0. The number of hydrogen-bond acceptors (Lipinski definition) is 2. The molecule has 0 aromatic heterocycles. The minimum atomic E-state index is -0.379. The minimum absolute atomic E-state index is 0.379. The van der Waals surface area contributed by atoms with Gasteiger partial charge in [0.25, 0.3) is 0 Å². The molecule has 1 saturated heterocycles. The largest absolute Gasteiger partial charge is 0.388 e. The SMILES string of the molecule is OC1(C2CCCCCN2)CCCC(C2CC2)C1. The Hall–Kier alpha value is -0.0800. The van der Waals surface area contributed by atoms with E-state index < -0.39 is 0 Å². The smallest absolute Gasteiger partial charge is 0.0802 e. The summed E-state index contributed by atoms with van der Waals surface area (Å²) in [5, 5.41) is 14.6. The van der Waals surface area contributed by atoms with Gasteiger partial charge in [-0.25, -0.2) is 0 Å². The van der Waals surface area contributed by atoms with Gasteiger partial charge in [0.15, 0.2) is 0 Å². The first-order chi connectivity index (χ1) is 8.28. The molecule has 0 aromatic carbocycles. The van der Waals surface area contributed by atoms with Gasteiger partial charge in [-0.15, -0.1) is 0 Å². The molecule has 3 rings (SSSR count). The van der Waals surface area contributed by atoms with E-state index in [-0.39, 0.29) is 5.60 Å². The zero-order valence-electron chi connectivity index (χ0n) is 11.0. The van der Waals surface area contributed by atoms with Gasteiger partial charge in [0.2, 0.25) is 0 Å². The maximum absolute atomic E-state index is 11.0. The molecule has 0 bridgehead atoms. The summed E-state index contributed by atoms with van der Waals surface area (Å²) in [4.78, 5) is 0. The third kappa shape index (κ3) is 2.68. The average molecular weight is 237 g/mol. The molecule has 3 unspecified atom stereocenters. The first-order valence-electron chi connectivity index (χ1n) is 7.74. The van der Waals surface area contributed by atoms with Crippen LogP contribution >= 0.6 is 0 Å². The topological polar surface area (TPSA) is 32.3 Å². The van der Waals surface area contributed by atoms with Gasteiger partial charge in [-0.3, -0.25) is 0 Å². The molecular weight excluding hydrogens is 210 g/mol. The van der Waals surface area contributed by atoms with Crippen molar-refractivity contribution in [2.45, 2.75) is 75.9 Å². The van der Waals surface area contributed by atoms with E-state index in [9.17, 15) is 5.11 Å². The van der Waals surface area contributed by atoms with Crippen LogP contribution in [0.3, 0.4) is 0 Å². The fourth-order valence-corrected chi connectivity index (χ4v) is 4.10. The summed E-state index contributed by atoms with van der Waals surface area (Å²) in [5.74, 6) is 1.80. The van der Waals surface area contributed by atoms with Gasteiger partial charge in [0.1, 0.15) is 0 Å². The Morgan fingerprint density at radius 1 is 0.882 bits per heavy atom. The molecule has 0 radical (unpaired) electrons. The summed E-state index contributed by atoms with van der Waals surface area (Å²) >= 11 is 0. The minimum Gasteiger partial charge on any atom is -0.388 e. The first-order valence-corrected chi connectivity index (χ1v) is 7.74. The molecule has 2 saturated carbocycles. The van der Waals surface area contributed by atoms with Crippen LogP contribution < -0.4 is 5.32 Å². The maximum Gasteiger partial charge on any atom is 0.0802 e. The highest BCUT2D eigenvalue weighted by molar-refractivity contribution is 4.99. The van der Waals surface area contributed by atoms with Crippen molar-refractivity contribution in [1.82, 2.24) is 5.32 Å². The quantitative estimate of drug-likeness (QED) is 0.774. The van der Waals surface area contributed by atoms with Crippen LogP contribution in [0.15, 0.2) is 0 Å². The zero-order chi connectivity index (χ0) is 11.7. The Balaban J connectivity index is 1.65. The summed E-state index contributed by atoms with van der Waals surface area (Å²) in [6.45, 7) is 1.11. The van der Waals surface area contributed by atoms with Crippen LogP contribution in [0.1, 0.15) is 64.2 Å². The number of aliphatic hydroxyl groups is 1. The van der Waals surface area contributed by atoms with Gasteiger partial charge in [-0.1, -0.05) is 19.3 Å². The predicted molar refractivity (Wildman–Crippen MR) is 69.9 cm³/mol. The summed E-state index contributed by atoms with van der Waals surface area (Å²) in [6.07, 6.45) is 12.7. The van der Waals surface area contributed by atoms with E-state index in [0.717, 1.165) is 31.2 Å². The van der Waals surface area contributed by atoms with Crippen molar-refractivity contribution < 1.29 is 5.11 Å². The normalized spacial score (nSPS) is 44.3. The van der Waals surface area contributed by atoms with Gasteiger partial charge in [-0.05, 0) is 63.3 Å². The van der Waals surface area contributed by atoms with E-state index in [0.29, 0.717) is 6.04 Å². The van der Waals surface area contributed by atoms with Crippen molar-refractivity contribution in [3.63, 3.8) is 0 Å². The zero-order valence-corrected chi connectivity index (χ0v) is 11.0. The summed E-state index contributed by atoms with van der Waals surface area (Å²) < 4.78 is 0. The highest BCUT2D eigenvalue weighted by Crippen LogP contribution is 2.47. The van der Waals surface area contributed by atoms with Crippen molar-refractivity contribution in [2.75, 3.05) is 6.54 Å². The molecule has 17 heavy (non-hydrogen) atoms. The third-order valence-corrected chi connectivity index (χ3v) is 5.30. The molecule has 0 spiro atoms. The highest BCUT2D eigenvalue weighted by atomic mass is 16.3. The van der Waals surface area contributed by atoms with Gasteiger partial charge >= 0.3 is 0 Å². The van der Waals surface area contributed by atoms with E-state index in [1.54, 1.807) is 0 Å². The lowest BCUT2D eigenvalue weighted by Crippen LogP contribution is -2.53. The number of hydrogen-bond donors (Lipinski definition) is 2. The molecule has 3 fully saturated rings. The molecule has 3 aliphatic rings. The molecule has 1 aliphatic heterocycles. The van der Waals surface area contributed by atoms with Crippen molar-refractivity contribution >= 4 is 0 Å². The second-order valence-corrected chi connectivity index (χ2v) is 6.65. The van der Waals surface area contributed by atoms with Gasteiger partial charge in [0, 0.05) is 6.04 Å². The molecular formula is C15H27NO. The predicted octanol–water partition coefficient (Wildman–Crippen LogP) is 2.85. The van der Waals surface area contributed by atoms with E-state index in [1.165, 1.54) is 51.4 Å². The van der Waals surface area contributed by atoms with Crippen LogP contribution in [0.2, 0.25) is 0 Å². The van der Waals surface area contributed by atoms with E-state index >= 15 is 0 Å². The van der Waals surface area contributed by atoms with Crippen molar-refractivity contribution in [1.29, 1.82) is 0 Å². The van der Waals surface area contributed by atoms with Crippen LogP contribution in [0.5, 0.6) is 0 Å². The lowest BCUT2D eigenvalue weighted by Gasteiger charge is -2.42. The molecule has 0 amide bonds. The van der Waals surface area contributed by atoms with E-state index in [4.69, 9.17) is 0 Å². The average Bonchev–Trinajstić information content (AvgIpc) is 3.17. The van der Waals surface area contributed by atoms with Gasteiger partial charge in [0.05, 0.1) is 5.60 Å². The van der Waals surface area contributed by atoms with Crippen LogP contribution in [-0.2, 0) is 0 Å². The number of nitrogens with one attached hydrogen (secondary N) is 1. The Kier molecular flexibility index (Phi) is 3.45. The molecule has 2 heteroatoms. The Labute approximate surface area is 105 Å². The van der Waals surface area contributed by atoms with Gasteiger partial charge in [-0.2, -0.15) is 0 Å². The van der Waals surface area contributed by atoms with E-state index in [2.05, 4.69) is 5.32 Å². The molecule has 2 nitrogen and oxygen atoms in total. The molecule has 98 valence electrons. The Bertz CT molecular complexity index is 256. The van der Waals surface area contributed by atoms with Crippen molar-refractivity contribution in [3.8, 4) is 0 Å². The fourth-order valence-electron chi connectivity index (χ4n) is 4.10. The summed E-state index contributed by atoms with van der Waals surface area (Å²) in [5.41, 5.74) is -0.379. The molecule has 2 N–H and O–H groups in total. The van der Waals surface area contributed by atoms with Crippen LogP contribution in [0.4, 0.5) is 0 Å². The Morgan fingerprint density at radius 3 is 2.59 bits per heavy atom. The molecule has 3 atom stereocenters. The van der Waals surface area contributed by atoms with Gasteiger partial charge < -0.3 is 10.4 Å². The third-order valence-electron chi connectivity index (χ3n) is 5.30. The second-order valence-electron chi connectivity index (χ2n) is 6.65. The molecule has 1 heterocycles. The molecule has 2 aliphatic carbocycles. The van der Waals surface area contributed by atoms with Crippen LogP contribution in [-0.4, -0.2) is 23.3 Å². The highest BCUT2D eigenvalue weighted by Gasteiger charge is 2.44. The lowest BCUT2D eigenvalue weighted by atomic mass is 9.71. The van der Waals surface area contributed by atoms with Crippen LogP contribution in [0.25, 0.3) is 0 Å². The van der Waals surface area contributed by atoms with Crippen molar-refractivity contribution in [3.05, 3.63) is 0 Å². The number of rotatable bonds is 2. The monoisotopic (exact) mass is 237 g/mol. The summed E-state index contributed by atoms with van der Waals surface area (Å²) in [6, 6.07) is 0.381. The standard InChI is InChI=1S/C15H27NO/c17-15(14-6-2-1-3-10-16-14)9-4-5-13(11-15)12-7-8-12/h12-14,16-17H,1-11H2. The van der Waals surface area contributed by atoms with E-state index in [1.807, 2.05) is 0 Å². The second kappa shape index (κ2) is 4.89. The first kappa shape index (κ1) is 12.0. The van der Waals surface area contributed by atoms with Crippen molar-refractivity contribution in [2.24, 2.45) is 11.8 Å². The Morgan fingerprint density at radius 2 is 1.76 bits per heavy atom. The molecule has 0 aromatic rings. The lowest BCUT2D eigenvalue weighted by molar-refractivity contribution is -0.0516. The van der Waals surface area contributed by atoms with Crippen LogP contribution in [0, 0.1) is 11.8 Å². The maximum atomic E-state index is 11.0. The fraction of sp³-hybridized carbons (Fsp3) is 1.00.